The number of rotatable bonds is 3. The van der Waals surface area contributed by atoms with Gasteiger partial charge in [0.1, 0.15) is 11.6 Å². The summed E-state index contributed by atoms with van der Waals surface area (Å²) in [6.45, 7) is 7.19. The molecule has 1 amide bonds. The second kappa shape index (κ2) is 6.78. The van der Waals surface area contributed by atoms with E-state index in [1.807, 2.05) is 0 Å². The van der Waals surface area contributed by atoms with Gasteiger partial charge in [-0.3, -0.25) is 9.69 Å². The molecule has 0 radical (unpaired) electrons. The molecule has 0 aromatic heterocycles. The lowest BCUT2D eigenvalue weighted by molar-refractivity contribution is -0.161. The Bertz CT molecular complexity index is 414. The molecule has 0 aromatic carbocycles. The lowest BCUT2D eigenvalue weighted by Crippen LogP contribution is -2.55. The molecule has 0 bridgehead atoms. The standard InChI is InChI=1S/C14H23NO6/c1-5-20-12(18)9-7-6-8-15(10(9)11(16)17)13(19)21-14(2,3)4/h9-10H,5-8H2,1-4H3,(H,16,17)/t9-,10-/m1/s1. The predicted octanol–water partition coefficient (Wildman–Crippen LogP) is 1.65. The Balaban J connectivity index is 2.94. The van der Waals surface area contributed by atoms with E-state index in [4.69, 9.17) is 9.47 Å². The molecule has 21 heavy (non-hydrogen) atoms. The van der Waals surface area contributed by atoms with E-state index in [0.29, 0.717) is 12.8 Å². The van der Waals surface area contributed by atoms with Crippen molar-refractivity contribution < 1.29 is 29.0 Å². The molecule has 1 saturated heterocycles. The summed E-state index contributed by atoms with van der Waals surface area (Å²) in [5.74, 6) is -2.67. The summed E-state index contributed by atoms with van der Waals surface area (Å²) in [4.78, 5) is 36.7. The highest BCUT2D eigenvalue weighted by Crippen LogP contribution is 2.27. The number of hydrogen-bond donors (Lipinski definition) is 1. The van der Waals surface area contributed by atoms with Crippen LogP contribution >= 0.6 is 0 Å². The highest BCUT2D eigenvalue weighted by Gasteiger charge is 2.45. The molecule has 120 valence electrons. The van der Waals surface area contributed by atoms with Crippen LogP contribution in [0.1, 0.15) is 40.5 Å². The van der Waals surface area contributed by atoms with Crippen LogP contribution in [0.4, 0.5) is 4.79 Å². The summed E-state index contributed by atoms with van der Waals surface area (Å²) in [7, 11) is 0. The maximum atomic E-state index is 12.1. The van der Waals surface area contributed by atoms with E-state index in [9.17, 15) is 19.5 Å². The van der Waals surface area contributed by atoms with Crippen molar-refractivity contribution in [2.45, 2.75) is 52.2 Å². The normalized spacial score (nSPS) is 22.6. The minimum atomic E-state index is -1.24. The number of nitrogens with zero attached hydrogens (tertiary/aromatic N) is 1. The van der Waals surface area contributed by atoms with Gasteiger partial charge in [-0.05, 0) is 40.5 Å². The maximum Gasteiger partial charge on any atom is 0.411 e. The van der Waals surface area contributed by atoms with Crippen LogP contribution in [0.5, 0.6) is 0 Å². The van der Waals surface area contributed by atoms with Gasteiger partial charge in [0.15, 0.2) is 0 Å². The summed E-state index contributed by atoms with van der Waals surface area (Å²) in [5.41, 5.74) is -0.725. The average Bonchev–Trinajstić information content (AvgIpc) is 2.35. The molecule has 0 aliphatic carbocycles. The molecule has 0 spiro atoms. The number of amides is 1. The summed E-state index contributed by atoms with van der Waals surface area (Å²) in [6, 6.07) is -1.24. The Hall–Kier alpha value is -1.79. The number of hydrogen-bond acceptors (Lipinski definition) is 5. The van der Waals surface area contributed by atoms with Crippen LogP contribution in [-0.2, 0) is 19.1 Å². The number of carbonyl (C=O) groups excluding carboxylic acids is 2. The molecule has 1 aliphatic rings. The molecule has 0 aromatic rings. The Morgan fingerprint density at radius 2 is 1.90 bits per heavy atom. The fourth-order valence-corrected chi connectivity index (χ4v) is 2.32. The van der Waals surface area contributed by atoms with Crippen molar-refractivity contribution in [2.24, 2.45) is 5.92 Å². The van der Waals surface area contributed by atoms with E-state index in [-0.39, 0.29) is 13.2 Å². The largest absolute Gasteiger partial charge is 0.480 e. The van der Waals surface area contributed by atoms with Crippen LogP contribution in [0.2, 0.25) is 0 Å². The Labute approximate surface area is 124 Å². The van der Waals surface area contributed by atoms with Crippen LogP contribution in [-0.4, -0.2) is 52.8 Å². The first-order chi connectivity index (χ1) is 9.67. The van der Waals surface area contributed by atoms with Gasteiger partial charge in [0.25, 0.3) is 0 Å². The topological polar surface area (TPSA) is 93.1 Å². The minimum Gasteiger partial charge on any atom is -0.480 e. The molecule has 1 N–H and O–H groups in total. The van der Waals surface area contributed by atoms with E-state index in [2.05, 4.69) is 0 Å². The van der Waals surface area contributed by atoms with Gasteiger partial charge in [-0.25, -0.2) is 9.59 Å². The summed E-state index contributed by atoms with van der Waals surface area (Å²) in [6.07, 6.45) is 0.200. The molecule has 2 atom stereocenters. The Morgan fingerprint density at radius 1 is 1.29 bits per heavy atom. The van der Waals surface area contributed by atoms with Gasteiger partial charge in [0.05, 0.1) is 12.5 Å². The monoisotopic (exact) mass is 301 g/mol. The van der Waals surface area contributed by atoms with Crippen molar-refractivity contribution >= 4 is 18.0 Å². The van der Waals surface area contributed by atoms with Gasteiger partial charge in [-0.1, -0.05) is 0 Å². The van der Waals surface area contributed by atoms with Crippen molar-refractivity contribution in [3.05, 3.63) is 0 Å². The lowest BCUT2D eigenvalue weighted by atomic mass is 9.89. The van der Waals surface area contributed by atoms with E-state index < -0.39 is 35.6 Å². The third-order valence-electron chi connectivity index (χ3n) is 3.10. The van der Waals surface area contributed by atoms with E-state index >= 15 is 0 Å². The van der Waals surface area contributed by atoms with Gasteiger partial charge >= 0.3 is 18.0 Å². The molecular weight excluding hydrogens is 278 g/mol. The highest BCUT2D eigenvalue weighted by molar-refractivity contribution is 5.87. The van der Waals surface area contributed by atoms with E-state index in [1.165, 1.54) is 0 Å². The van der Waals surface area contributed by atoms with Gasteiger partial charge in [0.2, 0.25) is 0 Å². The van der Waals surface area contributed by atoms with Gasteiger partial charge in [-0.15, -0.1) is 0 Å². The van der Waals surface area contributed by atoms with Gasteiger partial charge in [-0.2, -0.15) is 0 Å². The molecule has 1 fully saturated rings. The molecule has 7 nitrogen and oxygen atoms in total. The third-order valence-corrected chi connectivity index (χ3v) is 3.10. The number of piperidine rings is 1. The first-order valence-electron chi connectivity index (χ1n) is 7.06. The van der Waals surface area contributed by atoms with Crippen molar-refractivity contribution in [1.29, 1.82) is 0 Å². The Morgan fingerprint density at radius 3 is 2.38 bits per heavy atom. The summed E-state index contributed by atoms with van der Waals surface area (Å²) >= 11 is 0. The molecular formula is C14H23NO6. The maximum absolute atomic E-state index is 12.1. The van der Waals surface area contributed by atoms with Crippen molar-refractivity contribution in [2.75, 3.05) is 13.2 Å². The predicted molar refractivity (Wildman–Crippen MR) is 73.7 cm³/mol. The van der Waals surface area contributed by atoms with Crippen molar-refractivity contribution in [3.63, 3.8) is 0 Å². The van der Waals surface area contributed by atoms with Gasteiger partial charge < -0.3 is 14.6 Å². The fourth-order valence-electron chi connectivity index (χ4n) is 2.32. The third kappa shape index (κ3) is 4.61. The van der Waals surface area contributed by atoms with Crippen LogP contribution in [0, 0.1) is 5.92 Å². The Kier molecular flexibility index (Phi) is 5.57. The van der Waals surface area contributed by atoms with E-state index in [0.717, 1.165) is 4.90 Å². The molecule has 1 heterocycles. The van der Waals surface area contributed by atoms with Crippen LogP contribution in [0.3, 0.4) is 0 Å². The van der Waals surface area contributed by atoms with Crippen LogP contribution in [0.15, 0.2) is 0 Å². The average molecular weight is 301 g/mol. The van der Waals surface area contributed by atoms with Crippen LogP contribution < -0.4 is 0 Å². The minimum absolute atomic E-state index is 0.175. The number of carboxylic acids is 1. The second-order valence-corrected chi connectivity index (χ2v) is 5.96. The molecule has 1 aliphatic heterocycles. The number of likely N-dealkylation sites (tertiary alicyclic amines) is 1. The fraction of sp³-hybridized carbons (Fsp3) is 0.786. The number of carboxylic acid groups (broad SMARTS) is 1. The zero-order chi connectivity index (χ0) is 16.2. The number of carbonyl (C=O) groups is 3. The van der Waals surface area contributed by atoms with Crippen molar-refractivity contribution in [1.82, 2.24) is 4.90 Å². The zero-order valence-corrected chi connectivity index (χ0v) is 12.9. The number of aliphatic carboxylic acids is 1. The number of esters is 1. The van der Waals surface area contributed by atoms with Crippen LogP contribution in [0.25, 0.3) is 0 Å². The second-order valence-electron chi connectivity index (χ2n) is 5.96. The summed E-state index contributed by atoms with van der Waals surface area (Å²) in [5, 5.41) is 9.39. The van der Waals surface area contributed by atoms with Gasteiger partial charge in [0, 0.05) is 6.54 Å². The quantitative estimate of drug-likeness (QED) is 0.797. The van der Waals surface area contributed by atoms with Crippen molar-refractivity contribution in [3.8, 4) is 0 Å². The lowest BCUT2D eigenvalue weighted by Gasteiger charge is -2.38. The molecule has 0 unspecified atom stereocenters. The zero-order valence-electron chi connectivity index (χ0n) is 12.9. The smallest absolute Gasteiger partial charge is 0.411 e. The SMILES string of the molecule is CCOC(=O)[C@@H]1CCCN(C(=O)OC(C)(C)C)[C@H]1C(=O)O. The molecule has 0 saturated carbocycles. The molecule has 1 rings (SSSR count). The summed E-state index contributed by atoms with van der Waals surface area (Å²) < 4.78 is 10.1. The highest BCUT2D eigenvalue weighted by atomic mass is 16.6. The first-order valence-corrected chi connectivity index (χ1v) is 7.06. The molecule has 7 heteroatoms. The first kappa shape index (κ1) is 17.3. The van der Waals surface area contributed by atoms with E-state index in [1.54, 1.807) is 27.7 Å². The number of ether oxygens (including phenoxy) is 2.